The van der Waals surface area contributed by atoms with Gasteiger partial charge in [-0.3, -0.25) is 4.79 Å². The van der Waals surface area contributed by atoms with E-state index in [0.717, 1.165) is 38.8 Å². The Balaban J connectivity index is 2.81. The number of unbranched alkanes of at least 4 members (excludes halogenated alkanes) is 2. The number of aromatic carboxylic acids is 1. The third kappa shape index (κ3) is 6.13. The summed E-state index contributed by atoms with van der Waals surface area (Å²) in [5.41, 5.74) is 0.163. The zero-order valence-electron chi connectivity index (χ0n) is 13.2. The van der Waals surface area contributed by atoms with Crippen LogP contribution in [-0.4, -0.2) is 35.0 Å². The number of halogens is 1. The second-order valence-electron chi connectivity index (χ2n) is 5.31. The number of carbonyl (C=O) groups excluding carboxylic acids is 1. The summed E-state index contributed by atoms with van der Waals surface area (Å²) in [5.74, 6) is -0.974. The second kappa shape index (κ2) is 9.56. The number of rotatable bonds is 9. The lowest BCUT2D eigenvalue weighted by Crippen LogP contribution is -2.45. The first-order valence-corrected chi connectivity index (χ1v) is 8.47. The van der Waals surface area contributed by atoms with Crippen molar-refractivity contribution in [3.8, 4) is 0 Å². The van der Waals surface area contributed by atoms with Gasteiger partial charge >= 0.3 is 5.97 Å². The smallest absolute Gasteiger partial charge is 0.341 e. The Kier molecular flexibility index (Phi) is 8.09. The molecule has 0 aliphatic carbocycles. The number of hydrogen-bond acceptors (Lipinski definition) is 2. The van der Waals surface area contributed by atoms with Crippen LogP contribution in [0.3, 0.4) is 0 Å². The van der Waals surface area contributed by atoms with Gasteiger partial charge in [-0.2, -0.15) is 4.57 Å². The average molecular weight is 372 g/mol. The zero-order chi connectivity index (χ0) is 16.5. The molecule has 1 aromatic heterocycles. The van der Waals surface area contributed by atoms with Gasteiger partial charge < -0.3 is 10.0 Å². The van der Waals surface area contributed by atoms with Crippen molar-refractivity contribution in [1.29, 1.82) is 0 Å². The molecule has 1 aromatic rings. The highest BCUT2D eigenvalue weighted by atomic mass is 79.9. The number of carbonyl (C=O) groups is 2. The molecule has 1 heterocycles. The van der Waals surface area contributed by atoms with E-state index in [4.69, 9.17) is 5.11 Å². The van der Waals surface area contributed by atoms with Crippen molar-refractivity contribution in [3.63, 3.8) is 0 Å². The molecule has 0 fully saturated rings. The second-order valence-corrected chi connectivity index (χ2v) is 6.22. The summed E-state index contributed by atoms with van der Waals surface area (Å²) in [7, 11) is 0. The molecule has 122 valence electrons. The number of carboxylic acids is 1. The number of carboxylic acid groups (broad SMARTS) is 1. The minimum Gasteiger partial charge on any atom is -0.477 e. The molecular formula is C16H24BrN2O3+. The summed E-state index contributed by atoms with van der Waals surface area (Å²) in [6, 6.07) is 1.52. The van der Waals surface area contributed by atoms with Crippen molar-refractivity contribution < 1.29 is 19.3 Å². The van der Waals surface area contributed by atoms with E-state index in [2.05, 4.69) is 29.8 Å². The van der Waals surface area contributed by atoms with Crippen molar-refractivity contribution in [3.05, 3.63) is 28.5 Å². The number of pyridine rings is 1. The highest BCUT2D eigenvalue weighted by Gasteiger charge is 2.19. The fraction of sp³-hybridized carbons (Fsp3) is 0.562. The molecule has 1 N–H and O–H groups in total. The minimum absolute atomic E-state index is 0.0290. The van der Waals surface area contributed by atoms with Crippen LogP contribution in [0.4, 0.5) is 0 Å². The maximum atomic E-state index is 12.5. The Hall–Kier alpha value is -1.43. The van der Waals surface area contributed by atoms with Crippen LogP contribution in [-0.2, 0) is 11.3 Å². The quantitative estimate of drug-likeness (QED) is 0.678. The lowest BCUT2D eigenvalue weighted by molar-refractivity contribution is -0.685. The summed E-state index contributed by atoms with van der Waals surface area (Å²) in [5, 5.41) is 9.08. The van der Waals surface area contributed by atoms with Gasteiger partial charge in [0.05, 0.1) is 4.47 Å². The van der Waals surface area contributed by atoms with Crippen LogP contribution in [0.5, 0.6) is 0 Å². The highest BCUT2D eigenvalue weighted by Crippen LogP contribution is 2.09. The predicted octanol–water partition coefficient (Wildman–Crippen LogP) is 2.86. The van der Waals surface area contributed by atoms with Crippen molar-refractivity contribution in [2.24, 2.45) is 0 Å². The molecule has 0 saturated heterocycles. The Bertz CT molecular complexity index is 512. The van der Waals surface area contributed by atoms with E-state index >= 15 is 0 Å². The van der Waals surface area contributed by atoms with Gasteiger partial charge in [0.25, 0.3) is 5.91 Å². The van der Waals surface area contributed by atoms with Crippen LogP contribution < -0.4 is 4.57 Å². The van der Waals surface area contributed by atoms with Gasteiger partial charge in [0.15, 0.2) is 12.4 Å². The molecule has 0 aromatic carbocycles. The molecular weight excluding hydrogens is 348 g/mol. The van der Waals surface area contributed by atoms with Crippen LogP contribution in [0.25, 0.3) is 0 Å². The summed E-state index contributed by atoms with van der Waals surface area (Å²) in [6.45, 7) is 5.88. The fourth-order valence-electron chi connectivity index (χ4n) is 2.12. The molecule has 6 heteroatoms. The Morgan fingerprint density at radius 2 is 1.77 bits per heavy atom. The van der Waals surface area contributed by atoms with E-state index in [1.807, 2.05) is 4.90 Å². The highest BCUT2D eigenvalue weighted by molar-refractivity contribution is 9.10. The Morgan fingerprint density at radius 3 is 2.27 bits per heavy atom. The van der Waals surface area contributed by atoms with Crippen molar-refractivity contribution >= 4 is 27.8 Å². The molecule has 1 rings (SSSR count). The molecule has 1 amide bonds. The van der Waals surface area contributed by atoms with E-state index in [-0.39, 0.29) is 18.0 Å². The molecule has 0 aliphatic heterocycles. The average Bonchev–Trinajstić information content (AvgIpc) is 2.46. The number of amides is 1. The molecule has 0 saturated carbocycles. The van der Waals surface area contributed by atoms with Crippen molar-refractivity contribution in [2.45, 2.75) is 46.1 Å². The Labute approximate surface area is 140 Å². The molecule has 0 bridgehead atoms. The van der Waals surface area contributed by atoms with Crippen LogP contribution in [0.2, 0.25) is 0 Å². The largest absolute Gasteiger partial charge is 0.477 e. The SMILES string of the molecule is CCCCN(CCCC)C(=O)C[n+]1cc(Br)cc(C(=O)O)c1. The lowest BCUT2D eigenvalue weighted by atomic mass is 10.2. The summed E-state index contributed by atoms with van der Waals surface area (Å²) >= 11 is 3.28. The van der Waals surface area contributed by atoms with E-state index in [1.165, 1.54) is 12.3 Å². The number of nitrogens with zero attached hydrogens (tertiary/aromatic N) is 2. The molecule has 22 heavy (non-hydrogen) atoms. The predicted molar refractivity (Wildman–Crippen MR) is 87.7 cm³/mol. The normalized spacial score (nSPS) is 10.5. The monoisotopic (exact) mass is 371 g/mol. The molecule has 5 nitrogen and oxygen atoms in total. The third-order valence-corrected chi connectivity index (χ3v) is 3.80. The maximum absolute atomic E-state index is 12.5. The molecule has 0 spiro atoms. The van der Waals surface area contributed by atoms with E-state index in [0.29, 0.717) is 4.47 Å². The molecule has 0 aliphatic rings. The van der Waals surface area contributed by atoms with Crippen LogP contribution in [0, 0.1) is 0 Å². The topological polar surface area (TPSA) is 61.5 Å². The number of hydrogen-bond donors (Lipinski definition) is 1. The van der Waals surface area contributed by atoms with Crippen molar-refractivity contribution in [1.82, 2.24) is 4.90 Å². The van der Waals surface area contributed by atoms with E-state index < -0.39 is 5.97 Å². The summed E-state index contributed by atoms with van der Waals surface area (Å²) in [4.78, 5) is 25.4. The van der Waals surface area contributed by atoms with Gasteiger partial charge in [0.2, 0.25) is 6.54 Å². The van der Waals surface area contributed by atoms with Crippen molar-refractivity contribution in [2.75, 3.05) is 13.1 Å². The van der Waals surface area contributed by atoms with Gasteiger partial charge in [-0.1, -0.05) is 26.7 Å². The molecule has 0 radical (unpaired) electrons. The van der Waals surface area contributed by atoms with Gasteiger partial charge in [-0.05, 0) is 34.8 Å². The van der Waals surface area contributed by atoms with Crippen LogP contribution in [0.15, 0.2) is 22.9 Å². The first kappa shape index (κ1) is 18.6. The Morgan fingerprint density at radius 1 is 1.18 bits per heavy atom. The fourth-order valence-corrected chi connectivity index (χ4v) is 2.63. The summed E-state index contributed by atoms with van der Waals surface area (Å²) in [6.07, 6.45) is 7.27. The van der Waals surface area contributed by atoms with Crippen LogP contribution >= 0.6 is 15.9 Å². The molecule has 0 unspecified atom stereocenters. The first-order valence-electron chi connectivity index (χ1n) is 7.68. The first-order chi connectivity index (χ1) is 10.5. The van der Waals surface area contributed by atoms with E-state index in [1.54, 1.807) is 10.8 Å². The standard InChI is InChI=1S/C16H23BrN2O3/c1-3-5-7-19(8-6-4-2)15(20)12-18-10-13(16(21)22)9-14(17)11-18/h9-11H,3-8,12H2,1-2H3/p+1. The van der Waals surface area contributed by atoms with Gasteiger partial charge in [-0.15, -0.1) is 0 Å². The summed E-state index contributed by atoms with van der Waals surface area (Å²) < 4.78 is 2.27. The van der Waals surface area contributed by atoms with Gasteiger partial charge in [0.1, 0.15) is 5.56 Å². The number of aromatic nitrogens is 1. The lowest BCUT2D eigenvalue weighted by Gasteiger charge is -2.20. The third-order valence-electron chi connectivity index (χ3n) is 3.37. The van der Waals surface area contributed by atoms with Crippen LogP contribution in [0.1, 0.15) is 49.9 Å². The zero-order valence-corrected chi connectivity index (χ0v) is 14.8. The van der Waals surface area contributed by atoms with Gasteiger partial charge in [-0.25, -0.2) is 4.79 Å². The van der Waals surface area contributed by atoms with E-state index in [9.17, 15) is 9.59 Å². The molecule has 0 atom stereocenters. The minimum atomic E-state index is -1.00. The maximum Gasteiger partial charge on any atom is 0.341 e. The van der Waals surface area contributed by atoms with Gasteiger partial charge in [0, 0.05) is 13.1 Å².